The predicted octanol–water partition coefficient (Wildman–Crippen LogP) is 3.46. The van der Waals surface area contributed by atoms with Crippen LogP contribution in [0.5, 0.6) is 17.4 Å². The molecule has 1 aromatic carbocycles. The minimum atomic E-state index is -0.0940. The van der Waals surface area contributed by atoms with Crippen molar-refractivity contribution in [3.05, 3.63) is 47.7 Å². The number of rotatable bonds is 4. The van der Waals surface area contributed by atoms with Crippen molar-refractivity contribution in [2.75, 3.05) is 7.11 Å². The van der Waals surface area contributed by atoms with E-state index in [1.807, 2.05) is 18.2 Å². The molecule has 3 N–H and O–H groups in total. The molecule has 116 valence electrons. The highest BCUT2D eigenvalue weighted by Gasteiger charge is 2.20. The Morgan fingerprint density at radius 2 is 1.91 bits per heavy atom. The first-order valence-electron chi connectivity index (χ1n) is 6.98. The second-order valence-electron chi connectivity index (χ2n) is 6.01. The van der Waals surface area contributed by atoms with E-state index in [4.69, 9.17) is 20.6 Å². The van der Waals surface area contributed by atoms with E-state index in [0.29, 0.717) is 11.4 Å². The summed E-state index contributed by atoms with van der Waals surface area (Å²) in [4.78, 5) is 4.19. The van der Waals surface area contributed by atoms with Gasteiger partial charge in [0.2, 0.25) is 5.88 Å². The van der Waals surface area contributed by atoms with Gasteiger partial charge in [0.05, 0.1) is 7.11 Å². The minimum absolute atomic E-state index is 0.0149. The van der Waals surface area contributed by atoms with Crippen LogP contribution in [0.15, 0.2) is 36.5 Å². The van der Waals surface area contributed by atoms with Crippen molar-refractivity contribution in [1.29, 1.82) is 5.41 Å². The van der Waals surface area contributed by atoms with Gasteiger partial charge < -0.3 is 15.2 Å². The summed E-state index contributed by atoms with van der Waals surface area (Å²) in [5.74, 6) is 1.97. The summed E-state index contributed by atoms with van der Waals surface area (Å²) in [6, 6.07) is 9.12. The van der Waals surface area contributed by atoms with Crippen LogP contribution in [-0.4, -0.2) is 17.9 Å². The van der Waals surface area contributed by atoms with E-state index < -0.39 is 0 Å². The molecular weight excluding hydrogens is 278 g/mol. The smallest absolute Gasteiger partial charge is 0.219 e. The summed E-state index contributed by atoms with van der Waals surface area (Å²) in [7, 11) is 1.64. The fourth-order valence-electron chi connectivity index (χ4n) is 2.02. The lowest BCUT2D eigenvalue weighted by Gasteiger charge is -2.23. The van der Waals surface area contributed by atoms with Crippen LogP contribution in [0.3, 0.4) is 0 Å². The van der Waals surface area contributed by atoms with E-state index in [9.17, 15) is 0 Å². The quantitative estimate of drug-likeness (QED) is 0.669. The highest BCUT2D eigenvalue weighted by molar-refractivity contribution is 5.94. The molecule has 2 aromatic rings. The van der Waals surface area contributed by atoms with E-state index in [2.05, 4.69) is 25.8 Å². The molecule has 2 rings (SSSR count). The van der Waals surface area contributed by atoms with E-state index in [1.165, 1.54) is 6.20 Å². The summed E-state index contributed by atoms with van der Waals surface area (Å²) >= 11 is 0. The van der Waals surface area contributed by atoms with Crippen molar-refractivity contribution >= 4 is 5.84 Å². The zero-order valence-corrected chi connectivity index (χ0v) is 13.3. The Kier molecular flexibility index (Phi) is 4.35. The Hall–Kier alpha value is -2.56. The summed E-state index contributed by atoms with van der Waals surface area (Å²) in [5, 5.41) is 7.37. The Bertz CT molecular complexity index is 673. The molecule has 0 aliphatic heterocycles. The standard InChI is InChI=1S/C17H21N3O2/c1-17(2,3)13-9-12(21-4)6-7-14(13)22-15-8-5-11(10-20-15)16(18)19/h5-10H,1-4H3,(H3,18,19). The fourth-order valence-corrected chi connectivity index (χ4v) is 2.02. The zero-order chi connectivity index (χ0) is 16.3. The molecule has 1 aromatic heterocycles. The average Bonchev–Trinajstić information content (AvgIpc) is 2.47. The Labute approximate surface area is 130 Å². The number of nitrogens with two attached hydrogens (primary N) is 1. The van der Waals surface area contributed by atoms with Gasteiger partial charge in [0.1, 0.15) is 17.3 Å². The van der Waals surface area contributed by atoms with Crippen LogP contribution in [0.25, 0.3) is 0 Å². The molecule has 0 fully saturated rings. The molecule has 0 atom stereocenters. The molecule has 0 saturated carbocycles. The normalized spacial score (nSPS) is 11.1. The van der Waals surface area contributed by atoms with Gasteiger partial charge >= 0.3 is 0 Å². The second-order valence-corrected chi connectivity index (χ2v) is 6.01. The highest BCUT2D eigenvalue weighted by atomic mass is 16.5. The van der Waals surface area contributed by atoms with Crippen LogP contribution in [0.4, 0.5) is 0 Å². The van der Waals surface area contributed by atoms with Gasteiger partial charge in [-0.15, -0.1) is 0 Å². The third-order valence-corrected chi connectivity index (χ3v) is 3.26. The number of benzene rings is 1. The second kappa shape index (κ2) is 6.05. The van der Waals surface area contributed by atoms with Gasteiger partial charge in [-0.2, -0.15) is 0 Å². The lowest BCUT2D eigenvalue weighted by molar-refractivity contribution is 0.405. The molecular formula is C17H21N3O2. The zero-order valence-electron chi connectivity index (χ0n) is 13.3. The molecule has 0 unspecified atom stereocenters. The molecule has 0 amide bonds. The Balaban J connectivity index is 2.34. The van der Waals surface area contributed by atoms with Gasteiger partial charge in [-0.1, -0.05) is 20.8 Å². The Morgan fingerprint density at radius 3 is 2.41 bits per heavy atom. The summed E-state index contributed by atoms with van der Waals surface area (Å²) < 4.78 is 11.2. The fraction of sp³-hybridized carbons (Fsp3) is 0.294. The largest absolute Gasteiger partial charge is 0.497 e. The first-order valence-corrected chi connectivity index (χ1v) is 6.98. The monoisotopic (exact) mass is 299 g/mol. The molecule has 1 heterocycles. The van der Waals surface area contributed by atoms with Gasteiger partial charge in [0, 0.05) is 23.4 Å². The maximum Gasteiger partial charge on any atom is 0.219 e. The third kappa shape index (κ3) is 3.55. The van der Waals surface area contributed by atoms with Crippen LogP contribution in [0.1, 0.15) is 31.9 Å². The summed E-state index contributed by atoms with van der Waals surface area (Å²) in [5.41, 5.74) is 6.92. The average molecular weight is 299 g/mol. The maximum absolute atomic E-state index is 7.37. The number of methoxy groups -OCH3 is 1. The van der Waals surface area contributed by atoms with Gasteiger partial charge in [0.25, 0.3) is 0 Å². The van der Waals surface area contributed by atoms with Crippen molar-refractivity contribution in [3.8, 4) is 17.4 Å². The minimum Gasteiger partial charge on any atom is -0.497 e. The van der Waals surface area contributed by atoms with Crippen molar-refractivity contribution in [2.24, 2.45) is 5.73 Å². The van der Waals surface area contributed by atoms with E-state index >= 15 is 0 Å². The summed E-state index contributed by atoms with van der Waals surface area (Å²) in [6.07, 6.45) is 1.53. The molecule has 0 aliphatic carbocycles. The molecule has 22 heavy (non-hydrogen) atoms. The lowest BCUT2D eigenvalue weighted by atomic mass is 9.86. The van der Waals surface area contributed by atoms with Crippen molar-refractivity contribution in [2.45, 2.75) is 26.2 Å². The number of nitrogens with one attached hydrogen (secondary N) is 1. The molecule has 0 aliphatic rings. The first-order chi connectivity index (χ1) is 10.3. The molecule has 5 heteroatoms. The van der Waals surface area contributed by atoms with E-state index in [1.54, 1.807) is 19.2 Å². The number of pyridine rings is 1. The number of hydrogen-bond donors (Lipinski definition) is 2. The predicted molar refractivity (Wildman–Crippen MR) is 87.0 cm³/mol. The molecule has 0 spiro atoms. The maximum atomic E-state index is 7.37. The van der Waals surface area contributed by atoms with Gasteiger partial charge in [-0.05, 0) is 29.7 Å². The first kappa shape index (κ1) is 15.8. The lowest BCUT2D eigenvalue weighted by Crippen LogP contribution is -2.13. The third-order valence-electron chi connectivity index (χ3n) is 3.26. The number of nitrogen functional groups attached to an aromatic ring is 1. The number of aromatic nitrogens is 1. The molecule has 0 radical (unpaired) electrons. The number of nitrogens with zero attached hydrogens (tertiary/aromatic N) is 1. The number of hydrogen-bond acceptors (Lipinski definition) is 4. The van der Waals surface area contributed by atoms with Crippen LogP contribution >= 0.6 is 0 Å². The van der Waals surface area contributed by atoms with Crippen LogP contribution in [0.2, 0.25) is 0 Å². The number of amidine groups is 1. The van der Waals surface area contributed by atoms with Gasteiger partial charge in [-0.3, -0.25) is 5.41 Å². The van der Waals surface area contributed by atoms with Crippen molar-refractivity contribution in [1.82, 2.24) is 4.98 Å². The van der Waals surface area contributed by atoms with Crippen molar-refractivity contribution < 1.29 is 9.47 Å². The van der Waals surface area contributed by atoms with Crippen LogP contribution in [-0.2, 0) is 5.41 Å². The van der Waals surface area contributed by atoms with E-state index in [0.717, 1.165) is 17.1 Å². The molecule has 5 nitrogen and oxygen atoms in total. The topological polar surface area (TPSA) is 81.2 Å². The van der Waals surface area contributed by atoms with Crippen LogP contribution < -0.4 is 15.2 Å². The molecule has 0 saturated heterocycles. The van der Waals surface area contributed by atoms with Crippen molar-refractivity contribution in [3.63, 3.8) is 0 Å². The highest BCUT2D eigenvalue weighted by Crippen LogP contribution is 2.36. The van der Waals surface area contributed by atoms with Crippen LogP contribution in [0, 0.1) is 5.41 Å². The molecule has 0 bridgehead atoms. The Morgan fingerprint density at radius 1 is 1.18 bits per heavy atom. The van der Waals surface area contributed by atoms with Gasteiger partial charge in [0.15, 0.2) is 0 Å². The summed E-state index contributed by atoms with van der Waals surface area (Å²) in [6.45, 7) is 6.34. The van der Waals surface area contributed by atoms with Gasteiger partial charge in [-0.25, -0.2) is 4.98 Å². The van der Waals surface area contributed by atoms with E-state index in [-0.39, 0.29) is 11.3 Å². The number of ether oxygens (including phenoxy) is 2. The SMILES string of the molecule is COc1ccc(Oc2ccc(C(=N)N)cn2)c(C(C)(C)C)c1.